The standard InChI is InChI=1S/C14H16N2O2S/c1-2-5-13-14(15-16-19-13)11-6-3-4-7-12(11)18-9-10-8-17-10/h3-4,6-7,10H,2,5,8-9H2,1H3. The average molecular weight is 276 g/mol. The molecule has 1 fully saturated rings. The van der Waals surface area contributed by atoms with Gasteiger partial charge in [0.05, 0.1) is 11.5 Å². The van der Waals surface area contributed by atoms with Crippen LogP contribution < -0.4 is 4.74 Å². The summed E-state index contributed by atoms with van der Waals surface area (Å²) in [5.41, 5.74) is 1.99. The molecule has 0 aliphatic carbocycles. The molecule has 1 aromatic carbocycles. The summed E-state index contributed by atoms with van der Waals surface area (Å²) in [6.45, 7) is 3.58. The van der Waals surface area contributed by atoms with Crippen molar-refractivity contribution in [2.24, 2.45) is 0 Å². The minimum Gasteiger partial charge on any atom is -0.490 e. The third-order valence-electron chi connectivity index (χ3n) is 3.00. The fraction of sp³-hybridized carbons (Fsp3) is 0.429. The third kappa shape index (κ3) is 2.93. The largest absolute Gasteiger partial charge is 0.490 e. The van der Waals surface area contributed by atoms with Gasteiger partial charge in [-0.15, -0.1) is 5.10 Å². The van der Waals surface area contributed by atoms with Crippen molar-refractivity contribution in [3.8, 4) is 17.0 Å². The molecule has 1 aliphatic rings. The zero-order valence-corrected chi connectivity index (χ0v) is 11.7. The van der Waals surface area contributed by atoms with E-state index in [1.165, 1.54) is 16.4 Å². The number of ether oxygens (including phenoxy) is 2. The zero-order chi connectivity index (χ0) is 13.1. The van der Waals surface area contributed by atoms with Gasteiger partial charge in [0.25, 0.3) is 0 Å². The van der Waals surface area contributed by atoms with Crippen LogP contribution in [-0.2, 0) is 11.2 Å². The normalized spacial score (nSPS) is 17.4. The van der Waals surface area contributed by atoms with E-state index in [4.69, 9.17) is 9.47 Å². The Morgan fingerprint density at radius 1 is 1.42 bits per heavy atom. The first-order valence-electron chi connectivity index (χ1n) is 6.53. The molecule has 1 aliphatic heterocycles. The first-order chi connectivity index (χ1) is 9.38. The van der Waals surface area contributed by atoms with Crippen molar-refractivity contribution in [1.29, 1.82) is 0 Å². The topological polar surface area (TPSA) is 47.5 Å². The summed E-state index contributed by atoms with van der Waals surface area (Å²) in [6, 6.07) is 8.00. The van der Waals surface area contributed by atoms with Crippen molar-refractivity contribution < 1.29 is 9.47 Å². The lowest BCUT2D eigenvalue weighted by molar-refractivity contribution is 0.264. The van der Waals surface area contributed by atoms with Gasteiger partial charge in [-0.2, -0.15) is 0 Å². The number of rotatable bonds is 6. The Labute approximate surface area is 116 Å². The molecule has 1 aromatic heterocycles. The summed E-state index contributed by atoms with van der Waals surface area (Å²) in [5, 5.41) is 4.27. The molecule has 0 bridgehead atoms. The maximum Gasteiger partial charge on any atom is 0.128 e. The molecule has 0 saturated carbocycles. The van der Waals surface area contributed by atoms with Gasteiger partial charge in [0, 0.05) is 5.56 Å². The minimum absolute atomic E-state index is 0.261. The quantitative estimate of drug-likeness (QED) is 0.761. The van der Waals surface area contributed by atoms with Crippen LogP contribution in [0.2, 0.25) is 0 Å². The SMILES string of the molecule is CCCc1snnc1-c1ccccc1OCC1CO1. The van der Waals surface area contributed by atoms with Gasteiger partial charge in [0.15, 0.2) is 0 Å². The summed E-state index contributed by atoms with van der Waals surface area (Å²) in [7, 11) is 0. The van der Waals surface area contributed by atoms with Gasteiger partial charge in [-0.1, -0.05) is 30.0 Å². The van der Waals surface area contributed by atoms with E-state index in [0.29, 0.717) is 6.61 Å². The molecule has 0 radical (unpaired) electrons. The number of benzene rings is 1. The molecule has 2 heterocycles. The van der Waals surface area contributed by atoms with Crippen molar-refractivity contribution >= 4 is 11.5 Å². The number of para-hydroxylation sites is 1. The van der Waals surface area contributed by atoms with Crippen LogP contribution in [-0.4, -0.2) is 28.9 Å². The molecule has 1 atom stereocenters. The summed E-state index contributed by atoms with van der Waals surface area (Å²) >= 11 is 1.47. The third-order valence-corrected chi connectivity index (χ3v) is 3.78. The van der Waals surface area contributed by atoms with E-state index in [1.807, 2.05) is 24.3 Å². The van der Waals surface area contributed by atoms with Crippen LogP contribution in [0.25, 0.3) is 11.3 Å². The van der Waals surface area contributed by atoms with Gasteiger partial charge in [0.2, 0.25) is 0 Å². The van der Waals surface area contributed by atoms with Gasteiger partial charge in [0.1, 0.15) is 24.2 Å². The van der Waals surface area contributed by atoms with Crippen LogP contribution in [0.15, 0.2) is 24.3 Å². The first-order valence-corrected chi connectivity index (χ1v) is 7.31. The van der Waals surface area contributed by atoms with Crippen molar-refractivity contribution in [3.05, 3.63) is 29.1 Å². The molecule has 1 saturated heterocycles. The summed E-state index contributed by atoms with van der Waals surface area (Å²) in [4.78, 5) is 1.22. The van der Waals surface area contributed by atoms with E-state index in [-0.39, 0.29) is 6.10 Å². The van der Waals surface area contributed by atoms with Crippen molar-refractivity contribution in [1.82, 2.24) is 9.59 Å². The van der Waals surface area contributed by atoms with Crippen LogP contribution in [0.3, 0.4) is 0 Å². The fourth-order valence-corrected chi connectivity index (χ4v) is 2.69. The number of nitrogens with zero attached hydrogens (tertiary/aromatic N) is 2. The van der Waals surface area contributed by atoms with Gasteiger partial charge >= 0.3 is 0 Å². The summed E-state index contributed by atoms with van der Waals surface area (Å²) in [6.07, 6.45) is 2.36. The second-order valence-corrected chi connectivity index (χ2v) is 5.40. The first kappa shape index (κ1) is 12.6. The lowest BCUT2D eigenvalue weighted by atomic mass is 10.1. The number of hydrogen-bond donors (Lipinski definition) is 0. The van der Waals surface area contributed by atoms with Crippen LogP contribution in [0.1, 0.15) is 18.2 Å². The summed E-state index contributed by atoms with van der Waals surface area (Å²) in [5.74, 6) is 0.864. The lowest BCUT2D eigenvalue weighted by Crippen LogP contribution is -2.05. The van der Waals surface area contributed by atoms with E-state index in [9.17, 15) is 0 Å². The molecule has 19 heavy (non-hydrogen) atoms. The zero-order valence-electron chi connectivity index (χ0n) is 10.8. The van der Waals surface area contributed by atoms with Crippen molar-refractivity contribution in [2.75, 3.05) is 13.2 Å². The number of aromatic nitrogens is 2. The van der Waals surface area contributed by atoms with Crippen LogP contribution >= 0.6 is 11.5 Å². The molecular formula is C14H16N2O2S. The highest BCUT2D eigenvalue weighted by molar-refractivity contribution is 7.06. The highest BCUT2D eigenvalue weighted by Crippen LogP contribution is 2.33. The molecule has 0 N–H and O–H groups in total. The molecule has 2 aromatic rings. The Bertz CT molecular complexity index is 552. The minimum atomic E-state index is 0.261. The Morgan fingerprint density at radius 3 is 3.05 bits per heavy atom. The van der Waals surface area contributed by atoms with E-state index in [2.05, 4.69) is 16.5 Å². The van der Waals surface area contributed by atoms with E-state index < -0.39 is 0 Å². The molecule has 3 rings (SSSR count). The van der Waals surface area contributed by atoms with E-state index in [0.717, 1.165) is 36.5 Å². The van der Waals surface area contributed by atoms with Gasteiger partial charge in [-0.05, 0) is 30.1 Å². The maximum atomic E-state index is 5.83. The van der Waals surface area contributed by atoms with Crippen LogP contribution in [0.4, 0.5) is 0 Å². The van der Waals surface area contributed by atoms with Crippen LogP contribution in [0.5, 0.6) is 5.75 Å². The van der Waals surface area contributed by atoms with Crippen molar-refractivity contribution in [3.63, 3.8) is 0 Å². The molecule has 5 heteroatoms. The monoisotopic (exact) mass is 276 g/mol. The predicted molar refractivity (Wildman–Crippen MR) is 74.6 cm³/mol. The number of aryl methyl sites for hydroxylation is 1. The van der Waals surface area contributed by atoms with Crippen molar-refractivity contribution in [2.45, 2.75) is 25.9 Å². The molecule has 100 valence electrons. The fourth-order valence-electron chi connectivity index (χ4n) is 1.94. The van der Waals surface area contributed by atoms with Crippen LogP contribution in [0, 0.1) is 0 Å². The smallest absolute Gasteiger partial charge is 0.128 e. The summed E-state index contributed by atoms with van der Waals surface area (Å²) < 4.78 is 15.1. The second kappa shape index (κ2) is 5.67. The predicted octanol–water partition coefficient (Wildman–Crippen LogP) is 2.94. The molecule has 0 spiro atoms. The molecule has 0 amide bonds. The van der Waals surface area contributed by atoms with Gasteiger partial charge in [-0.3, -0.25) is 0 Å². The van der Waals surface area contributed by atoms with E-state index in [1.54, 1.807) is 0 Å². The Morgan fingerprint density at radius 2 is 2.26 bits per heavy atom. The molecular weight excluding hydrogens is 260 g/mol. The van der Waals surface area contributed by atoms with Gasteiger partial charge < -0.3 is 9.47 Å². The highest BCUT2D eigenvalue weighted by atomic mass is 32.1. The van der Waals surface area contributed by atoms with Gasteiger partial charge in [-0.25, -0.2) is 0 Å². The Balaban J connectivity index is 1.87. The van der Waals surface area contributed by atoms with E-state index >= 15 is 0 Å². The highest BCUT2D eigenvalue weighted by Gasteiger charge is 2.24. The lowest BCUT2D eigenvalue weighted by Gasteiger charge is -2.09. The number of hydrogen-bond acceptors (Lipinski definition) is 5. The number of epoxide rings is 1. The molecule has 1 unspecified atom stereocenters. The second-order valence-electron chi connectivity index (χ2n) is 4.56. The molecule has 4 nitrogen and oxygen atoms in total. The average Bonchev–Trinajstić information content (AvgIpc) is 3.16. The Hall–Kier alpha value is -1.46. The maximum absolute atomic E-state index is 5.83. The Kier molecular flexibility index (Phi) is 3.75.